The monoisotopic (exact) mass is 289 g/mol. The molecule has 106 valence electrons. The lowest BCUT2D eigenvalue weighted by Gasteiger charge is -2.21. The van der Waals surface area contributed by atoms with Gasteiger partial charge in [0, 0.05) is 17.1 Å². The fourth-order valence-corrected chi connectivity index (χ4v) is 2.45. The van der Waals surface area contributed by atoms with Gasteiger partial charge in [-0.25, -0.2) is 0 Å². The second kappa shape index (κ2) is 6.78. The first-order valence-corrected chi connectivity index (χ1v) is 7.13. The maximum atomic E-state index is 6.04. The van der Waals surface area contributed by atoms with Crippen molar-refractivity contribution in [2.75, 3.05) is 7.11 Å². The van der Waals surface area contributed by atoms with Gasteiger partial charge in [-0.2, -0.15) is 0 Å². The number of halogens is 1. The van der Waals surface area contributed by atoms with Crippen LogP contribution in [0.15, 0.2) is 48.5 Å². The zero-order valence-corrected chi connectivity index (χ0v) is 12.8. The zero-order valence-electron chi connectivity index (χ0n) is 12.1. The molecule has 2 aromatic rings. The van der Waals surface area contributed by atoms with Gasteiger partial charge in [-0.1, -0.05) is 35.9 Å². The van der Waals surface area contributed by atoms with Crippen molar-refractivity contribution >= 4 is 11.6 Å². The van der Waals surface area contributed by atoms with E-state index < -0.39 is 0 Å². The predicted molar refractivity (Wildman–Crippen MR) is 84.4 cm³/mol. The number of rotatable bonds is 5. The lowest BCUT2D eigenvalue weighted by atomic mass is 10.0. The molecule has 0 aliphatic rings. The Balaban J connectivity index is 2.08. The standard InChI is InChI=1S/C17H20ClNO/c1-12(14-6-4-8-16(18)10-14)19-13(2)15-7-5-9-17(11-15)20-3/h4-13,19H,1-3H3. The van der Waals surface area contributed by atoms with Gasteiger partial charge in [-0.15, -0.1) is 0 Å². The second-order valence-corrected chi connectivity index (χ2v) is 5.38. The Hall–Kier alpha value is -1.51. The van der Waals surface area contributed by atoms with Crippen molar-refractivity contribution in [3.05, 3.63) is 64.7 Å². The van der Waals surface area contributed by atoms with E-state index in [4.69, 9.17) is 16.3 Å². The normalized spacial score (nSPS) is 13.8. The topological polar surface area (TPSA) is 21.3 Å². The summed E-state index contributed by atoms with van der Waals surface area (Å²) in [4.78, 5) is 0. The van der Waals surface area contributed by atoms with Crippen LogP contribution in [0, 0.1) is 0 Å². The molecule has 0 aliphatic carbocycles. The summed E-state index contributed by atoms with van der Waals surface area (Å²) in [6.07, 6.45) is 0. The third-order valence-electron chi connectivity index (χ3n) is 3.44. The van der Waals surface area contributed by atoms with E-state index in [1.54, 1.807) is 7.11 Å². The average Bonchev–Trinajstić information content (AvgIpc) is 2.47. The molecule has 0 saturated heterocycles. The average molecular weight is 290 g/mol. The van der Waals surface area contributed by atoms with Crippen LogP contribution in [-0.4, -0.2) is 7.11 Å². The molecule has 0 aliphatic heterocycles. The maximum absolute atomic E-state index is 6.04. The summed E-state index contributed by atoms with van der Waals surface area (Å²) in [6.45, 7) is 4.29. The van der Waals surface area contributed by atoms with Crippen molar-refractivity contribution in [3.8, 4) is 5.75 Å². The van der Waals surface area contributed by atoms with Gasteiger partial charge in [0.2, 0.25) is 0 Å². The Kier molecular flexibility index (Phi) is 5.05. The molecule has 2 aromatic carbocycles. The van der Waals surface area contributed by atoms with Crippen LogP contribution in [0.2, 0.25) is 5.02 Å². The molecule has 0 aromatic heterocycles. The summed E-state index contributed by atoms with van der Waals surface area (Å²) in [6, 6.07) is 16.5. The van der Waals surface area contributed by atoms with E-state index in [0.717, 1.165) is 10.8 Å². The van der Waals surface area contributed by atoms with Gasteiger partial charge in [-0.3, -0.25) is 0 Å². The van der Waals surface area contributed by atoms with E-state index >= 15 is 0 Å². The van der Waals surface area contributed by atoms with Crippen LogP contribution in [0.25, 0.3) is 0 Å². The van der Waals surface area contributed by atoms with Crippen molar-refractivity contribution < 1.29 is 4.74 Å². The van der Waals surface area contributed by atoms with Gasteiger partial charge in [0.15, 0.2) is 0 Å². The summed E-state index contributed by atoms with van der Waals surface area (Å²) < 4.78 is 5.27. The minimum Gasteiger partial charge on any atom is -0.497 e. The van der Waals surface area contributed by atoms with Gasteiger partial charge in [0.05, 0.1) is 7.11 Å². The first kappa shape index (κ1) is 14.9. The van der Waals surface area contributed by atoms with Crippen LogP contribution in [0.5, 0.6) is 5.75 Å². The number of nitrogens with one attached hydrogen (secondary N) is 1. The number of hydrogen-bond acceptors (Lipinski definition) is 2. The second-order valence-electron chi connectivity index (χ2n) is 4.94. The van der Waals surface area contributed by atoms with Crippen LogP contribution < -0.4 is 10.1 Å². The Morgan fingerprint density at radius 1 is 0.950 bits per heavy atom. The van der Waals surface area contributed by atoms with E-state index in [1.807, 2.05) is 30.3 Å². The van der Waals surface area contributed by atoms with Gasteiger partial charge in [-0.05, 0) is 49.2 Å². The molecule has 2 atom stereocenters. The van der Waals surface area contributed by atoms with Gasteiger partial charge in [0.25, 0.3) is 0 Å². The van der Waals surface area contributed by atoms with Crippen LogP contribution in [0.1, 0.15) is 37.1 Å². The molecular formula is C17H20ClNO. The summed E-state index contributed by atoms with van der Waals surface area (Å²) in [5.41, 5.74) is 2.39. The SMILES string of the molecule is COc1cccc(C(C)NC(C)c2cccc(Cl)c2)c1. The number of benzene rings is 2. The Bertz CT molecular complexity index is 570. The molecule has 0 heterocycles. The molecule has 0 spiro atoms. The summed E-state index contributed by atoms with van der Waals surface area (Å²) in [7, 11) is 1.69. The molecule has 2 rings (SSSR count). The maximum Gasteiger partial charge on any atom is 0.119 e. The molecule has 0 fully saturated rings. The van der Waals surface area contributed by atoms with Crippen LogP contribution in [-0.2, 0) is 0 Å². The van der Waals surface area contributed by atoms with Gasteiger partial charge in [0.1, 0.15) is 5.75 Å². The highest BCUT2D eigenvalue weighted by atomic mass is 35.5. The number of methoxy groups -OCH3 is 1. The lowest BCUT2D eigenvalue weighted by molar-refractivity contribution is 0.412. The summed E-state index contributed by atoms with van der Waals surface area (Å²) >= 11 is 6.04. The Morgan fingerprint density at radius 2 is 1.55 bits per heavy atom. The minimum atomic E-state index is 0.231. The first-order chi connectivity index (χ1) is 9.60. The van der Waals surface area contributed by atoms with E-state index in [-0.39, 0.29) is 12.1 Å². The predicted octanol–water partition coefficient (Wildman–Crippen LogP) is 4.76. The highest BCUT2D eigenvalue weighted by Gasteiger charge is 2.11. The molecular weight excluding hydrogens is 270 g/mol. The van der Waals surface area contributed by atoms with E-state index in [9.17, 15) is 0 Å². The third-order valence-corrected chi connectivity index (χ3v) is 3.68. The van der Waals surface area contributed by atoms with E-state index in [2.05, 4.69) is 37.4 Å². The Morgan fingerprint density at radius 3 is 2.15 bits per heavy atom. The van der Waals surface area contributed by atoms with Crippen LogP contribution in [0.3, 0.4) is 0 Å². The van der Waals surface area contributed by atoms with Crippen molar-refractivity contribution in [2.45, 2.75) is 25.9 Å². The zero-order chi connectivity index (χ0) is 14.5. The van der Waals surface area contributed by atoms with Gasteiger partial charge >= 0.3 is 0 Å². The smallest absolute Gasteiger partial charge is 0.119 e. The number of hydrogen-bond donors (Lipinski definition) is 1. The molecule has 0 bridgehead atoms. The molecule has 20 heavy (non-hydrogen) atoms. The van der Waals surface area contributed by atoms with Crippen molar-refractivity contribution in [1.82, 2.24) is 5.32 Å². The highest BCUT2D eigenvalue weighted by molar-refractivity contribution is 6.30. The quantitative estimate of drug-likeness (QED) is 0.857. The minimum absolute atomic E-state index is 0.231. The molecule has 2 unspecified atom stereocenters. The highest BCUT2D eigenvalue weighted by Crippen LogP contribution is 2.23. The first-order valence-electron chi connectivity index (χ1n) is 6.75. The lowest BCUT2D eigenvalue weighted by Crippen LogP contribution is -2.22. The van der Waals surface area contributed by atoms with E-state index in [0.29, 0.717) is 0 Å². The molecule has 0 saturated carbocycles. The largest absolute Gasteiger partial charge is 0.497 e. The fourth-order valence-electron chi connectivity index (χ4n) is 2.25. The van der Waals surface area contributed by atoms with Crippen molar-refractivity contribution in [1.29, 1.82) is 0 Å². The van der Waals surface area contributed by atoms with Crippen LogP contribution in [0.4, 0.5) is 0 Å². The molecule has 0 radical (unpaired) electrons. The third kappa shape index (κ3) is 3.75. The van der Waals surface area contributed by atoms with E-state index in [1.165, 1.54) is 11.1 Å². The molecule has 1 N–H and O–H groups in total. The molecule has 0 amide bonds. The summed E-state index contributed by atoms with van der Waals surface area (Å²) in [5.74, 6) is 0.881. The van der Waals surface area contributed by atoms with Crippen molar-refractivity contribution in [3.63, 3.8) is 0 Å². The molecule has 2 nitrogen and oxygen atoms in total. The summed E-state index contributed by atoms with van der Waals surface area (Å²) in [5, 5.41) is 4.35. The van der Waals surface area contributed by atoms with Gasteiger partial charge < -0.3 is 10.1 Å². The fraction of sp³-hybridized carbons (Fsp3) is 0.294. The van der Waals surface area contributed by atoms with Crippen molar-refractivity contribution in [2.24, 2.45) is 0 Å². The molecule has 3 heteroatoms. The van der Waals surface area contributed by atoms with Crippen LogP contribution >= 0.6 is 11.6 Å². The number of ether oxygens (including phenoxy) is 1. The Labute approximate surface area is 125 Å².